The van der Waals surface area contributed by atoms with E-state index in [-0.39, 0.29) is 26.5 Å². The van der Waals surface area contributed by atoms with Crippen molar-refractivity contribution >= 4 is 52.6 Å². The van der Waals surface area contributed by atoms with Crippen LogP contribution in [0.1, 0.15) is 23.2 Å². The molecule has 112 valence electrons. The van der Waals surface area contributed by atoms with Gasteiger partial charge in [-0.1, -0.05) is 34.8 Å². The van der Waals surface area contributed by atoms with E-state index >= 15 is 0 Å². The third kappa shape index (κ3) is 3.48. The molecule has 0 N–H and O–H groups in total. The minimum Gasteiger partial charge on any atom is -0.452 e. The van der Waals surface area contributed by atoms with Crippen LogP contribution in [0.15, 0.2) is 12.1 Å². The Balaban J connectivity index is 2.04. The van der Waals surface area contributed by atoms with Gasteiger partial charge in [-0.05, 0) is 18.6 Å². The summed E-state index contributed by atoms with van der Waals surface area (Å²) in [5.74, 6) is -1.71. The zero-order valence-electron chi connectivity index (χ0n) is 10.7. The molecule has 0 aromatic heterocycles. The predicted octanol–water partition coefficient (Wildman–Crippen LogP) is 2.95. The minimum absolute atomic E-state index is 0.0427. The van der Waals surface area contributed by atoms with Crippen LogP contribution in [-0.2, 0) is 14.3 Å². The minimum atomic E-state index is -0.868. The average Bonchev–Trinajstić information content (AvgIpc) is 2.87. The van der Waals surface area contributed by atoms with Gasteiger partial charge in [-0.3, -0.25) is 14.5 Å². The number of imide groups is 1. The molecule has 0 atom stereocenters. The smallest absolute Gasteiger partial charge is 0.341 e. The Morgan fingerprint density at radius 2 is 1.86 bits per heavy atom. The van der Waals surface area contributed by atoms with Crippen molar-refractivity contribution in [2.75, 3.05) is 13.2 Å². The fourth-order valence-corrected chi connectivity index (χ4v) is 2.59. The third-order valence-corrected chi connectivity index (χ3v) is 4.07. The molecule has 8 heteroatoms. The number of esters is 1. The zero-order valence-corrected chi connectivity index (χ0v) is 13.0. The molecule has 1 heterocycles. The number of likely N-dealkylation sites (tertiary alicyclic amines) is 1. The first-order valence-electron chi connectivity index (χ1n) is 6.05. The van der Waals surface area contributed by atoms with Crippen LogP contribution >= 0.6 is 34.8 Å². The highest BCUT2D eigenvalue weighted by atomic mass is 35.5. The van der Waals surface area contributed by atoms with Gasteiger partial charge in [-0.2, -0.15) is 0 Å². The highest BCUT2D eigenvalue weighted by Gasteiger charge is 2.27. The monoisotopic (exact) mass is 349 g/mol. The van der Waals surface area contributed by atoms with Crippen LogP contribution in [-0.4, -0.2) is 35.8 Å². The van der Waals surface area contributed by atoms with Crippen LogP contribution in [0.25, 0.3) is 0 Å². The maximum Gasteiger partial charge on any atom is 0.341 e. The van der Waals surface area contributed by atoms with Crippen LogP contribution in [0.4, 0.5) is 0 Å². The SMILES string of the molecule is O=C(OCC(=O)N1CCCC1=O)c1c(Cl)ccc(Cl)c1Cl. The summed E-state index contributed by atoms with van der Waals surface area (Å²) in [7, 11) is 0. The lowest BCUT2D eigenvalue weighted by Gasteiger charge is -2.14. The number of rotatable bonds is 3. The first-order chi connectivity index (χ1) is 9.91. The molecule has 0 radical (unpaired) electrons. The summed E-state index contributed by atoms with van der Waals surface area (Å²) in [5, 5.41) is 0.173. The summed E-state index contributed by atoms with van der Waals surface area (Å²) in [4.78, 5) is 36.2. The molecule has 1 aliphatic rings. The summed E-state index contributed by atoms with van der Waals surface area (Å²) in [6, 6.07) is 2.84. The quantitative estimate of drug-likeness (QED) is 0.621. The van der Waals surface area contributed by atoms with Crippen molar-refractivity contribution in [1.82, 2.24) is 4.90 Å². The van der Waals surface area contributed by atoms with Gasteiger partial charge in [0, 0.05) is 13.0 Å². The van der Waals surface area contributed by atoms with Gasteiger partial charge in [-0.25, -0.2) is 4.79 Å². The van der Waals surface area contributed by atoms with Crippen molar-refractivity contribution in [3.63, 3.8) is 0 Å². The molecule has 2 amide bonds. The van der Waals surface area contributed by atoms with Gasteiger partial charge >= 0.3 is 5.97 Å². The van der Waals surface area contributed by atoms with E-state index in [1.54, 1.807) is 0 Å². The number of hydrogen-bond acceptors (Lipinski definition) is 4. The van der Waals surface area contributed by atoms with Crippen molar-refractivity contribution in [2.45, 2.75) is 12.8 Å². The van der Waals surface area contributed by atoms with E-state index in [4.69, 9.17) is 39.5 Å². The molecule has 1 aromatic carbocycles. The standard InChI is InChI=1S/C13H10Cl3NO4/c14-7-3-4-8(15)12(16)11(7)13(20)21-6-10(19)17-5-1-2-9(17)18/h3-4H,1-2,5-6H2. The molecule has 2 rings (SSSR count). The molecule has 1 fully saturated rings. The lowest BCUT2D eigenvalue weighted by atomic mass is 10.2. The second kappa shape index (κ2) is 6.64. The number of carbonyl (C=O) groups excluding carboxylic acids is 3. The Labute approximate surface area is 135 Å². The van der Waals surface area contributed by atoms with Crippen LogP contribution < -0.4 is 0 Å². The zero-order chi connectivity index (χ0) is 15.6. The number of hydrogen-bond donors (Lipinski definition) is 0. The maximum absolute atomic E-state index is 11.9. The molecule has 0 unspecified atom stereocenters. The van der Waals surface area contributed by atoms with Crippen molar-refractivity contribution in [2.24, 2.45) is 0 Å². The van der Waals surface area contributed by atoms with Crippen molar-refractivity contribution in [3.8, 4) is 0 Å². The second-order valence-corrected chi connectivity index (χ2v) is 5.53. The van der Waals surface area contributed by atoms with Gasteiger partial charge in [0.15, 0.2) is 6.61 Å². The summed E-state index contributed by atoms with van der Waals surface area (Å²) < 4.78 is 4.86. The molecule has 5 nitrogen and oxygen atoms in total. The summed E-state index contributed by atoms with van der Waals surface area (Å²) in [5.41, 5.74) is -0.105. The molecular weight excluding hydrogens is 341 g/mol. The average molecular weight is 351 g/mol. The van der Waals surface area contributed by atoms with Gasteiger partial charge in [-0.15, -0.1) is 0 Å². The number of halogens is 3. The Kier molecular flexibility index (Phi) is 5.08. The topological polar surface area (TPSA) is 63.7 Å². The summed E-state index contributed by atoms with van der Waals surface area (Å²) >= 11 is 17.6. The third-order valence-electron chi connectivity index (χ3n) is 2.95. The van der Waals surface area contributed by atoms with Gasteiger partial charge in [0.25, 0.3) is 5.91 Å². The number of amides is 2. The van der Waals surface area contributed by atoms with E-state index in [1.165, 1.54) is 12.1 Å². The Hall–Kier alpha value is -1.30. The summed E-state index contributed by atoms with van der Waals surface area (Å²) in [6.07, 6.45) is 0.941. The molecule has 0 bridgehead atoms. The Morgan fingerprint density at radius 1 is 1.19 bits per heavy atom. The lowest BCUT2D eigenvalue weighted by molar-refractivity contribution is -0.143. The van der Waals surface area contributed by atoms with Gasteiger partial charge in [0.05, 0.1) is 20.6 Å². The Morgan fingerprint density at radius 3 is 2.48 bits per heavy atom. The lowest BCUT2D eigenvalue weighted by Crippen LogP contribution is -2.35. The van der Waals surface area contributed by atoms with E-state index < -0.39 is 18.5 Å². The van der Waals surface area contributed by atoms with Crippen LogP contribution in [0.3, 0.4) is 0 Å². The summed E-state index contributed by atoms with van der Waals surface area (Å²) in [6.45, 7) is -0.211. The van der Waals surface area contributed by atoms with Gasteiger partial charge in [0.1, 0.15) is 0 Å². The molecule has 0 saturated carbocycles. The molecule has 0 spiro atoms. The first-order valence-corrected chi connectivity index (χ1v) is 7.19. The van der Waals surface area contributed by atoms with Crippen molar-refractivity contribution < 1.29 is 19.1 Å². The molecule has 1 saturated heterocycles. The van der Waals surface area contributed by atoms with Crippen LogP contribution in [0.2, 0.25) is 15.1 Å². The number of carbonyl (C=O) groups is 3. The van der Waals surface area contributed by atoms with E-state index in [1.807, 2.05) is 0 Å². The highest BCUT2D eigenvalue weighted by molar-refractivity contribution is 6.46. The van der Waals surface area contributed by atoms with E-state index in [0.29, 0.717) is 19.4 Å². The normalized spacial score (nSPS) is 14.4. The van der Waals surface area contributed by atoms with E-state index in [2.05, 4.69) is 0 Å². The van der Waals surface area contributed by atoms with Crippen molar-refractivity contribution in [3.05, 3.63) is 32.8 Å². The molecule has 21 heavy (non-hydrogen) atoms. The second-order valence-electron chi connectivity index (χ2n) is 4.34. The fraction of sp³-hybridized carbons (Fsp3) is 0.308. The number of ether oxygens (including phenoxy) is 1. The molecule has 0 aliphatic carbocycles. The first kappa shape index (κ1) is 16.1. The largest absolute Gasteiger partial charge is 0.452 e. The van der Waals surface area contributed by atoms with Gasteiger partial charge in [0.2, 0.25) is 5.91 Å². The number of benzene rings is 1. The van der Waals surface area contributed by atoms with Crippen molar-refractivity contribution in [1.29, 1.82) is 0 Å². The molecular formula is C13H10Cl3NO4. The molecule has 1 aliphatic heterocycles. The van der Waals surface area contributed by atoms with E-state index in [0.717, 1.165) is 4.90 Å². The predicted molar refractivity (Wildman–Crippen MR) is 77.7 cm³/mol. The fourth-order valence-electron chi connectivity index (χ4n) is 1.90. The highest BCUT2D eigenvalue weighted by Crippen LogP contribution is 2.31. The van der Waals surface area contributed by atoms with Gasteiger partial charge < -0.3 is 4.74 Å². The van der Waals surface area contributed by atoms with Crippen LogP contribution in [0.5, 0.6) is 0 Å². The molecule has 1 aromatic rings. The van der Waals surface area contributed by atoms with Crippen LogP contribution in [0, 0.1) is 0 Å². The van der Waals surface area contributed by atoms with E-state index in [9.17, 15) is 14.4 Å². The number of nitrogens with zero attached hydrogens (tertiary/aromatic N) is 1. The maximum atomic E-state index is 11.9. The Bertz CT molecular complexity index is 618.